The van der Waals surface area contributed by atoms with Gasteiger partial charge in [-0.1, -0.05) is 44.5 Å². The summed E-state index contributed by atoms with van der Waals surface area (Å²) >= 11 is 7.42. The average molecular weight is 314 g/mol. The lowest BCUT2D eigenvalue weighted by molar-refractivity contribution is 0.174. The summed E-state index contributed by atoms with van der Waals surface area (Å²) in [5.74, 6) is -0.468. The molecule has 0 aliphatic rings. The van der Waals surface area contributed by atoms with Crippen LogP contribution in [0.4, 0.5) is 4.39 Å². The lowest BCUT2D eigenvalue weighted by Gasteiger charge is -2.14. The maximum absolute atomic E-state index is 13.4. The van der Waals surface area contributed by atoms with Crippen molar-refractivity contribution in [3.05, 3.63) is 50.7 Å². The minimum atomic E-state index is -0.776. The van der Waals surface area contributed by atoms with Gasteiger partial charge in [-0.25, -0.2) is 9.37 Å². The average Bonchev–Trinajstić information content (AvgIpc) is 2.84. The van der Waals surface area contributed by atoms with Crippen molar-refractivity contribution in [2.75, 3.05) is 0 Å². The minimum Gasteiger partial charge on any atom is -0.386 e. The molecule has 0 saturated heterocycles. The third kappa shape index (κ3) is 3.37. The van der Waals surface area contributed by atoms with E-state index in [9.17, 15) is 9.50 Å². The Morgan fingerprint density at radius 1 is 1.40 bits per heavy atom. The Morgan fingerprint density at radius 3 is 2.70 bits per heavy atom. The van der Waals surface area contributed by atoms with Crippen molar-refractivity contribution in [1.29, 1.82) is 0 Å². The van der Waals surface area contributed by atoms with E-state index in [1.807, 2.05) is 5.38 Å². The molecule has 0 spiro atoms. The minimum absolute atomic E-state index is 0.0425. The number of aliphatic hydroxyl groups is 1. The fourth-order valence-electron chi connectivity index (χ4n) is 1.80. The van der Waals surface area contributed by atoms with E-state index in [1.165, 1.54) is 17.4 Å². The largest absolute Gasteiger partial charge is 0.386 e. The molecule has 0 aliphatic heterocycles. The summed E-state index contributed by atoms with van der Waals surface area (Å²) in [6.07, 6.45) is -0.522. The summed E-state index contributed by atoms with van der Waals surface area (Å²) in [6, 6.07) is 4.61. The number of hydrogen-bond acceptors (Lipinski definition) is 3. The second-order valence-electron chi connectivity index (χ2n) is 5.76. The van der Waals surface area contributed by atoms with Crippen molar-refractivity contribution in [3.8, 4) is 0 Å². The highest BCUT2D eigenvalue weighted by Crippen LogP contribution is 2.30. The van der Waals surface area contributed by atoms with Crippen molar-refractivity contribution in [2.24, 2.45) is 0 Å². The van der Waals surface area contributed by atoms with Gasteiger partial charge in [0.1, 0.15) is 11.9 Å². The molecular formula is C15H17ClFNOS. The molecule has 1 aromatic carbocycles. The van der Waals surface area contributed by atoms with Crippen LogP contribution in [0.5, 0.6) is 0 Å². The van der Waals surface area contributed by atoms with Gasteiger partial charge in [-0.15, -0.1) is 11.3 Å². The number of thiazole rings is 1. The van der Waals surface area contributed by atoms with Crippen LogP contribution in [0.1, 0.15) is 43.1 Å². The SMILES string of the molecule is CC(C)(C)c1nc(C(O)Cc2cccc(F)c2Cl)cs1. The third-order valence-corrected chi connectivity index (χ3v) is 4.66. The van der Waals surface area contributed by atoms with E-state index in [1.54, 1.807) is 12.1 Å². The summed E-state index contributed by atoms with van der Waals surface area (Å²) in [7, 11) is 0. The molecule has 0 amide bonds. The van der Waals surface area contributed by atoms with Gasteiger partial charge in [-0.2, -0.15) is 0 Å². The molecule has 108 valence electrons. The first-order valence-corrected chi connectivity index (χ1v) is 7.61. The molecule has 20 heavy (non-hydrogen) atoms. The molecule has 0 bridgehead atoms. The van der Waals surface area contributed by atoms with Crippen molar-refractivity contribution in [2.45, 2.75) is 38.7 Å². The topological polar surface area (TPSA) is 33.1 Å². The quantitative estimate of drug-likeness (QED) is 0.904. The Morgan fingerprint density at radius 2 is 2.10 bits per heavy atom. The number of nitrogens with zero attached hydrogens (tertiary/aromatic N) is 1. The number of hydrogen-bond donors (Lipinski definition) is 1. The van der Waals surface area contributed by atoms with Crippen molar-refractivity contribution in [1.82, 2.24) is 4.98 Å². The highest BCUT2D eigenvalue weighted by atomic mass is 35.5. The molecule has 0 saturated carbocycles. The second-order valence-corrected chi connectivity index (χ2v) is 7.00. The Kier molecular flexibility index (Phi) is 4.47. The summed E-state index contributed by atoms with van der Waals surface area (Å²) in [6.45, 7) is 6.22. The Hall–Kier alpha value is -0.970. The first-order valence-electron chi connectivity index (χ1n) is 6.36. The molecule has 0 aliphatic carbocycles. The van der Waals surface area contributed by atoms with Gasteiger partial charge in [-0.3, -0.25) is 0 Å². The molecule has 2 nitrogen and oxygen atoms in total. The van der Waals surface area contributed by atoms with Crippen molar-refractivity contribution < 1.29 is 9.50 Å². The molecule has 1 unspecified atom stereocenters. The molecule has 1 atom stereocenters. The smallest absolute Gasteiger partial charge is 0.142 e. The van der Waals surface area contributed by atoms with E-state index < -0.39 is 11.9 Å². The van der Waals surface area contributed by atoms with E-state index in [-0.39, 0.29) is 16.9 Å². The number of halogens is 2. The fourth-order valence-corrected chi connectivity index (χ4v) is 2.96. The van der Waals surface area contributed by atoms with Crippen LogP contribution >= 0.6 is 22.9 Å². The standard InChI is InChI=1S/C15H17ClFNOS/c1-15(2,3)14-18-11(8-20-14)12(19)7-9-5-4-6-10(17)13(9)16/h4-6,8,12,19H,7H2,1-3H3. The Bertz CT molecular complexity index is 606. The summed E-state index contributed by atoms with van der Waals surface area (Å²) in [5.41, 5.74) is 1.16. The summed E-state index contributed by atoms with van der Waals surface area (Å²) in [4.78, 5) is 4.46. The maximum Gasteiger partial charge on any atom is 0.142 e. The van der Waals surface area contributed by atoms with Gasteiger partial charge in [0.2, 0.25) is 0 Å². The van der Waals surface area contributed by atoms with Crippen LogP contribution in [0.15, 0.2) is 23.6 Å². The van der Waals surface area contributed by atoms with Crippen molar-refractivity contribution in [3.63, 3.8) is 0 Å². The second kappa shape index (κ2) is 5.80. The monoisotopic (exact) mass is 313 g/mol. The van der Waals surface area contributed by atoms with E-state index >= 15 is 0 Å². The van der Waals surface area contributed by atoms with E-state index in [0.717, 1.165) is 5.01 Å². The van der Waals surface area contributed by atoms with Crippen LogP contribution in [0.25, 0.3) is 0 Å². The fraction of sp³-hybridized carbons (Fsp3) is 0.400. The van der Waals surface area contributed by atoms with Crippen LogP contribution in [-0.4, -0.2) is 10.1 Å². The van der Waals surface area contributed by atoms with Gasteiger partial charge in [0.05, 0.1) is 15.7 Å². The van der Waals surface area contributed by atoms with Gasteiger partial charge < -0.3 is 5.11 Å². The summed E-state index contributed by atoms with van der Waals surface area (Å²) in [5, 5.41) is 13.1. The Balaban J connectivity index is 2.18. The molecule has 1 aromatic heterocycles. The van der Waals surface area contributed by atoms with E-state index in [0.29, 0.717) is 11.3 Å². The number of aromatic nitrogens is 1. The predicted molar refractivity (Wildman–Crippen MR) is 80.9 cm³/mol. The number of rotatable bonds is 3. The first kappa shape index (κ1) is 15.4. The molecular weight excluding hydrogens is 297 g/mol. The molecule has 1 N–H and O–H groups in total. The third-order valence-electron chi connectivity index (χ3n) is 2.95. The lowest BCUT2D eigenvalue weighted by atomic mass is 9.98. The number of benzene rings is 1. The zero-order valence-corrected chi connectivity index (χ0v) is 13.2. The van der Waals surface area contributed by atoms with E-state index in [4.69, 9.17) is 11.6 Å². The lowest BCUT2D eigenvalue weighted by Crippen LogP contribution is -2.11. The highest BCUT2D eigenvalue weighted by Gasteiger charge is 2.21. The van der Waals surface area contributed by atoms with Crippen LogP contribution in [0.2, 0.25) is 5.02 Å². The normalized spacial score (nSPS) is 13.5. The predicted octanol–water partition coefficient (Wildman–Crippen LogP) is 4.51. The van der Waals surface area contributed by atoms with Gasteiger partial charge in [0, 0.05) is 17.2 Å². The highest BCUT2D eigenvalue weighted by molar-refractivity contribution is 7.09. The zero-order valence-electron chi connectivity index (χ0n) is 11.7. The molecule has 0 fully saturated rings. The van der Waals surface area contributed by atoms with Gasteiger partial charge in [-0.05, 0) is 11.6 Å². The maximum atomic E-state index is 13.4. The number of aliphatic hydroxyl groups excluding tert-OH is 1. The van der Waals surface area contributed by atoms with Gasteiger partial charge in [0.15, 0.2) is 0 Å². The van der Waals surface area contributed by atoms with Gasteiger partial charge in [0.25, 0.3) is 0 Å². The van der Waals surface area contributed by atoms with E-state index in [2.05, 4.69) is 25.8 Å². The first-order chi connectivity index (χ1) is 9.29. The summed E-state index contributed by atoms with van der Waals surface area (Å²) < 4.78 is 13.4. The van der Waals surface area contributed by atoms with Crippen LogP contribution in [0.3, 0.4) is 0 Å². The van der Waals surface area contributed by atoms with Crippen molar-refractivity contribution >= 4 is 22.9 Å². The molecule has 2 aromatic rings. The Labute approximate surface area is 127 Å². The molecule has 0 radical (unpaired) electrons. The zero-order chi connectivity index (χ0) is 14.9. The van der Waals surface area contributed by atoms with Crippen LogP contribution in [0, 0.1) is 5.82 Å². The molecule has 1 heterocycles. The van der Waals surface area contributed by atoms with Crippen LogP contribution in [-0.2, 0) is 11.8 Å². The molecule has 2 rings (SSSR count). The molecule has 5 heteroatoms. The van der Waals surface area contributed by atoms with Crippen LogP contribution < -0.4 is 0 Å². The van der Waals surface area contributed by atoms with Gasteiger partial charge >= 0.3 is 0 Å².